The average molecular weight is 449 g/mol. The zero-order valence-corrected chi connectivity index (χ0v) is 19.6. The Kier molecular flexibility index (Phi) is 6.65. The monoisotopic (exact) mass is 448 g/mol. The summed E-state index contributed by atoms with van der Waals surface area (Å²) in [5, 5.41) is 0.886. The maximum atomic E-state index is 13.2. The molecule has 0 aliphatic carbocycles. The van der Waals surface area contributed by atoms with Gasteiger partial charge in [-0.15, -0.1) is 11.3 Å². The van der Waals surface area contributed by atoms with Crippen molar-refractivity contribution in [1.29, 1.82) is 0 Å². The second-order valence-corrected chi connectivity index (χ2v) is 9.36. The summed E-state index contributed by atoms with van der Waals surface area (Å²) in [6.07, 6.45) is 4.21. The lowest BCUT2D eigenvalue weighted by molar-refractivity contribution is -0.134. The Labute approximate surface area is 192 Å². The van der Waals surface area contributed by atoms with Crippen molar-refractivity contribution in [2.75, 3.05) is 26.2 Å². The van der Waals surface area contributed by atoms with E-state index in [1.165, 1.54) is 11.3 Å². The molecule has 1 aromatic carbocycles. The Balaban J connectivity index is 1.54. The van der Waals surface area contributed by atoms with Crippen molar-refractivity contribution in [3.05, 3.63) is 69.9 Å². The Bertz CT molecular complexity index is 1090. The molecule has 32 heavy (non-hydrogen) atoms. The molecule has 3 heterocycles. The Morgan fingerprint density at radius 1 is 1.12 bits per heavy atom. The van der Waals surface area contributed by atoms with Gasteiger partial charge in [-0.05, 0) is 49.9 Å². The maximum Gasteiger partial charge on any atom is 0.265 e. The zero-order valence-electron chi connectivity index (χ0n) is 18.7. The predicted molar refractivity (Wildman–Crippen MR) is 127 cm³/mol. The summed E-state index contributed by atoms with van der Waals surface area (Å²) in [5.41, 5.74) is 4.01. The lowest BCUT2D eigenvalue weighted by Gasteiger charge is -2.23. The quantitative estimate of drug-likeness (QED) is 0.592. The second kappa shape index (κ2) is 9.61. The molecular formula is C25H28N4O2S. The number of carbonyl (C=O) groups excluding carboxylic acids is 2. The summed E-state index contributed by atoms with van der Waals surface area (Å²) < 4.78 is 0. The molecule has 7 heteroatoms. The van der Waals surface area contributed by atoms with Crippen molar-refractivity contribution in [1.82, 2.24) is 19.8 Å². The van der Waals surface area contributed by atoms with E-state index in [0.29, 0.717) is 37.5 Å². The van der Waals surface area contributed by atoms with Crippen LogP contribution in [-0.4, -0.2) is 57.8 Å². The molecule has 1 saturated heterocycles. The van der Waals surface area contributed by atoms with Crippen molar-refractivity contribution in [3.8, 4) is 11.1 Å². The van der Waals surface area contributed by atoms with Gasteiger partial charge in [0.2, 0.25) is 5.91 Å². The van der Waals surface area contributed by atoms with Crippen molar-refractivity contribution in [3.63, 3.8) is 0 Å². The van der Waals surface area contributed by atoms with Gasteiger partial charge in [-0.2, -0.15) is 0 Å². The molecule has 1 aliphatic heterocycles. The summed E-state index contributed by atoms with van der Waals surface area (Å²) in [7, 11) is 0. The van der Waals surface area contributed by atoms with Crippen LogP contribution in [0.25, 0.3) is 11.1 Å². The number of benzene rings is 1. The Hall–Kier alpha value is -3.06. The van der Waals surface area contributed by atoms with Gasteiger partial charge >= 0.3 is 0 Å². The Morgan fingerprint density at radius 2 is 1.91 bits per heavy atom. The van der Waals surface area contributed by atoms with Crippen molar-refractivity contribution in [2.24, 2.45) is 5.92 Å². The van der Waals surface area contributed by atoms with Crippen LogP contribution in [0.2, 0.25) is 0 Å². The zero-order chi connectivity index (χ0) is 22.7. The van der Waals surface area contributed by atoms with Gasteiger partial charge in [-0.3, -0.25) is 14.6 Å². The molecule has 0 saturated carbocycles. The first-order chi connectivity index (χ1) is 15.5. The van der Waals surface area contributed by atoms with E-state index in [-0.39, 0.29) is 17.7 Å². The fraction of sp³-hybridized carbons (Fsp3) is 0.360. The normalized spacial score (nSPS) is 16.8. The second-order valence-electron chi connectivity index (χ2n) is 8.16. The number of carbonyl (C=O) groups is 2. The third kappa shape index (κ3) is 4.72. The number of pyridine rings is 1. The standard InChI is InChI=1S/C25H28N4O2S/c1-4-28-12-13-29(25(31)23-17(2)27-18(3)32-23)16-22(24(28)30)14-19-7-9-20(10-8-19)21-6-5-11-26-15-21/h5-11,15,22H,4,12-14,16H2,1-3H3/t22-/m0/s1. The molecule has 1 atom stereocenters. The Morgan fingerprint density at radius 3 is 2.53 bits per heavy atom. The first-order valence-corrected chi connectivity index (χ1v) is 11.8. The fourth-order valence-corrected chi connectivity index (χ4v) is 5.11. The van der Waals surface area contributed by atoms with E-state index in [2.05, 4.69) is 34.2 Å². The molecule has 3 aromatic rings. The number of rotatable bonds is 5. The third-order valence-electron chi connectivity index (χ3n) is 5.94. The third-order valence-corrected chi connectivity index (χ3v) is 7.00. The SMILES string of the molecule is CCN1CCN(C(=O)c2sc(C)nc2C)C[C@H](Cc2ccc(-c3cccnc3)cc2)C1=O. The van der Waals surface area contributed by atoms with Gasteiger partial charge in [-0.25, -0.2) is 4.98 Å². The van der Waals surface area contributed by atoms with E-state index in [1.54, 1.807) is 6.20 Å². The molecule has 0 radical (unpaired) electrons. The minimum Gasteiger partial charge on any atom is -0.341 e. The average Bonchev–Trinajstić information content (AvgIpc) is 3.07. The van der Waals surface area contributed by atoms with Crippen LogP contribution < -0.4 is 0 Å². The molecule has 2 amide bonds. The van der Waals surface area contributed by atoms with Gasteiger partial charge in [0.1, 0.15) is 4.88 Å². The lowest BCUT2D eigenvalue weighted by Crippen LogP contribution is -2.37. The molecule has 166 valence electrons. The molecule has 0 spiro atoms. The molecule has 0 bridgehead atoms. The van der Waals surface area contributed by atoms with Crippen LogP contribution in [-0.2, 0) is 11.2 Å². The van der Waals surface area contributed by atoms with E-state index in [0.717, 1.165) is 27.4 Å². The minimum atomic E-state index is -0.264. The molecule has 6 nitrogen and oxygen atoms in total. The van der Waals surface area contributed by atoms with E-state index in [9.17, 15) is 9.59 Å². The number of hydrogen-bond acceptors (Lipinski definition) is 5. The smallest absolute Gasteiger partial charge is 0.265 e. The van der Waals surface area contributed by atoms with E-state index >= 15 is 0 Å². The van der Waals surface area contributed by atoms with Crippen LogP contribution in [0.1, 0.15) is 32.9 Å². The number of thiazole rings is 1. The maximum absolute atomic E-state index is 13.2. The first kappa shape index (κ1) is 22.1. The highest BCUT2D eigenvalue weighted by Crippen LogP contribution is 2.24. The predicted octanol–water partition coefficient (Wildman–Crippen LogP) is 3.99. The lowest BCUT2D eigenvalue weighted by atomic mass is 9.96. The van der Waals surface area contributed by atoms with Crippen molar-refractivity contribution < 1.29 is 9.59 Å². The highest BCUT2D eigenvalue weighted by molar-refractivity contribution is 7.13. The first-order valence-electron chi connectivity index (χ1n) is 11.0. The number of hydrogen-bond donors (Lipinski definition) is 0. The van der Waals surface area contributed by atoms with Crippen molar-refractivity contribution >= 4 is 23.2 Å². The van der Waals surface area contributed by atoms with Gasteiger partial charge in [0.15, 0.2) is 0 Å². The highest BCUT2D eigenvalue weighted by Gasteiger charge is 2.33. The van der Waals surface area contributed by atoms with Gasteiger partial charge < -0.3 is 9.80 Å². The fourth-order valence-electron chi connectivity index (χ4n) is 4.22. The van der Waals surface area contributed by atoms with Crippen LogP contribution in [0.15, 0.2) is 48.8 Å². The number of nitrogens with zero attached hydrogens (tertiary/aromatic N) is 4. The van der Waals surface area contributed by atoms with Gasteiger partial charge in [0.05, 0.1) is 16.6 Å². The van der Waals surface area contributed by atoms with Crippen LogP contribution in [0.4, 0.5) is 0 Å². The summed E-state index contributed by atoms with van der Waals surface area (Å²) in [4.78, 5) is 39.4. The highest BCUT2D eigenvalue weighted by atomic mass is 32.1. The summed E-state index contributed by atoms with van der Waals surface area (Å²) in [5.74, 6) is -0.160. The number of likely N-dealkylation sites (N-methyl/N-ethyl adjacent to an activating group) is 1. The topological polar surface area (TPSA) is 66.4 Å². The summed E-state index contributed by atoms with van der Waals surface area (Å²) in [6, 6.07) is 12.2. The van der Waals surface area contributed by atoms with E-state index < -0.39 is 0 Å². The van der Waals surface area contributed by atoms with Crippen LogP contribution in [0.5, 0.6) is 0 Å². The van der Waals surface area contributed by atoms with Gasteiger partial charge in [0.25, 0.3) is 5.91 Å². The van der Waals surface area contributed by atoms with Crippen molar-refractivity contribution in [2.45, 2.75) is 27.2 Å². The van der Waals surface area contributed by atoms with Gasteiger partial charge in [0, 0.05) is 38.6 Å². The molecule has 0 N–H and O–H groups in total. The van der Waals surface area contributed by atoms with Crippen LogP contribution in [0.3, 0.4) is 0 Å². The minimum absolute atomic E-state index is 0.0178. The van der Waals surface area contributed by atoms with Crippen LogP contribution >= 0.6 is 11.3 Å². The van der Waals surface area contributed by atoms with Crippen LogP contribution in [0, 0.1) is 19.8 Å². The molecule has 4 rings (SSSR count). The van der Waals surface area contributed by atoms with E-state index in [4.69, 9.17) is 0 Å². The largest absolute Gasteiger partial charge is 0.341 e. The molecule has 2 aromatic heterocycles. The summed E-state index contributed by atoms with van der Waals surface area (Å²) in [6.45, 7) is 7.97. The number of aromatic nitrogens is 2. The molecule has 0 unspecified atom stereocenters. The summed E-state index contributed by atoms with van der Waals surface area (Å²) >= 11 is 1.43. The number of aryl methyl sites for hydroxylation is 2. The number of amides is 2. The molecule has 1 aliphatic rings. The molecule has 1 fully saturated rings. The molecular weight excluding hydrogens is 420 g/mol. The van der Waals surface area contributed by atoms with Gasteiger partial charge in [-0.1, -0.05) is 30.3 Å². The van der Waals surface area contributed by atoms with E-state index in [1.807, 2.05) is 48.9 Å².